The average Bonchev–Trinajstić information content (AvgIpc) is 2.62. The number of hydrogen-bond donors (Lipinski definition) is 2. The summed E-state index contributed by atoms with van der Waals surface area (Å²) < 4.78 is 19.0. The van der Waals surface area contributed by atoms with Gasteiger partial charge in [0.15, 0.2) is 5.82 Å². The molecule has 3 N–H and O–H groups in total. The maximum Gasteiger partial charge on any atom is 0.303 e. The van der Waals surface area contributed by atoms with Gasteiger partial charge in [0, 0.05) is 25.1 Å². The molecule has 1 aromatic heterocycles. The van der Waals surface area contributed by atoms with Gasteiger partial charge in [0.1, 0.15) is 11.6 Å². The summed E-state index contributed by atoms with van der Waals surface area (Å²) in [5.74, 6) is -0.204. The quantitative estimate of drug-likeness (QED) is 0.845. The van der Waals surface area contributed by atoms with Crippen LogP contribution < -0.4 is 15.4 Å². The number of benzene rings is 1. The van der Waals surface area contributed by atoms with Crippen molar-refractivity contribution in [1.82, 2.24) is 10.2 Å². The van der Waals surface area contributed by atoms with Gasteiger partial charge in [0.25, 0.3) is 0 Å². The van der Waals surface area contributed by atoms with Gasteiger partial charge in [-0.15, -0.1) is 10.2 Å². The van der Waals surface area contributed by atoms with Crippen LogP contribution in [0.3, 0.4) is 0 Å². The second kappa shape index (κ2) is 7.55. The lowest BCUT2D eigenvalue weighted by Crippen LogP contribution is -2.35. The van der Waals surface area contributed by atoms with Gasteiger partial charge in [-0.05, 0) is 43.0 Å². The number of carboxylic acid groups (broad SMARTS) is 1. The molecule has 1 fully saturated rings. The summed E-state index contributed by atoms with van der Waals surface area (Å²) in [5.41, 5.74) is 7.69. The zero-order chi connectivity index (χ0) is 18.7. The van der Waals surface area contributed by atoms with Gasteiger partial charge in [-0.1, -0.05) is 0 Å². The lowest BCUT2D eigenvalue weighted by molar-refractivity contribution is -0.138. The molecule has 0 bridgehead atoms. The Bertz CT molecular complexity index is 807. The van der Waals surface area contributed by atoms with Gasteiger partial charge < -0.3 is 20.5 Å². The smallest absolute Gasteiger partial charge is 0.303 e. The molecular formula is C18H21FN4O3. The third-order valence-corrected chi connectivity index (χ3v) is 4.66. The Hall–Kier alpha value is -2.90. The number of methoxy groups -OCH3 is 1. The van der Waals surface area contributed by atoms with E-state index in [4.69, 9.17) is 15.6 Å². The van der Waals surface area contributed by atoms with Crippen LogP contribution in [0, 0.1) is 11.7 Å². The molecule has 8 heteroatoms. The summed E-state index contributed by atoms with van der Waals surface area (Å²) in [6.07, 6.45) is 1.73. The number of carbonyl (C=O) groups is 1. The van der Waals surface area contributed by atoms with Crippen LogP contribution in [0.1, 0.15) is 19.3 Å². The second-order valence-corrected chi connectivity index (χ2v) is 6.37. The molecule has 0 radical (unpaired) electrons. The Kier molecular flexibility index (Phi) is 5.20. The number of hydrogen-bond acceptors (Lipinski definition) is 6. The first kappa shape index (κ1) is 17.9. The van der Waals surface area contributed by atoms with E-state index >= 15 is 0 Å². The summed E-state index contributed by atoms with van der Waals surface area (Å²) >= 11 is 0. The number of nitrogen functional groups attached to an aromatic ring is 1. The predicted octanol–water partition coefficient (Wildman–Crippen LogP) is 2.56. The van der Waals surface area contributed by atoms with E-state index in [2.05, 4.69) is 15.1 Å². The van der Waals surface area contributed by atoms with E-state index in [0.717, 1.165) is 18.5 Å². The van der Waals surface area contributed by atoms with E-state index in [-0.39, 0.29) is 12.3 Å². The van der Waals surface area contributed by atoms with E-state index < -0.39 is 11.8 Å². The van der Waals surface area contributed by atoms with E-state index in [0.29, 0.717) is 35.9 Å². The van der Waals surface area contributed by atoms with Crippen LogP contribution in [0.5, 0.6) is 5.75 Å². The third kappa shape index (κ3) is 3.84. The van der Waals surface area contributed by atoms with E-state index in [1.165, 1.54) is 19.2 Å². The highest BCUT2D eigenvalue weighted by Crippen LogP contribution is 2.34. The number of ether oxygens (including phenoxy) is 1. The number of carboxylic acids is 1. The van der Waals surface area contributed by atoms with Crippen LogP contribution in [0.2, 0.25) is 0 Å². The van der Waals surface area contributed by atoms with Crippen molar-refractivity contribution in [3.05, 3.63) is 30.1 Å². The van der Waals surface area contributed by atoms with Crippen LogP contribution in [0.25, 0.3) is 11.3 Å². The number of nitrogens with two attached hydrogens (primary N) is 1. The molecule has 138 valence electrons. The minimum atomic E-state index is -0.769. The zero-order valence-corrected chi connectivity index (χ0v) is 14.5. The highest BCUT2D eigenvalue weighted by Gasteiger charge is 2.24. The fourth-order valence-corrected chi connectivity index (χ4v) is 3.28. The normalized spacial score (nSPS) is 15.1. The minimum absolute atomic E-state index is 0.169. The largest absolute Gasteiger partial charge is 0.496 e. The fourth-order valence-electron chi connectivity index (χ4n) is 3.28. The van der Waals surface area contributed by atoms with Crippen LogP contribution >= 0.6 is 0 Å². The molecule has 7 nitrogen and oxygen atoms in total. The van der Waals surface area contributed by atoms with Crippen molar-refractivity contribution in [3.8, 4) is 17.0 Å². The second-order valence-electron chi connectivity index (χ2n) is 6.37. The van der Waals surface area contributed by atoms with Crippen LogP contribution in [0.4, 0.5) is 15.9 Å². The molecule has 0 aliphatic carbocycles. The lowest BCUT2D eigenvalue weighted by Gasteiger charge is -2.33. The van der Waals surface area contributed by atoms with Gasteiger partial charge in [-0.25, -0.2) is 4.39 Å². The Labute approximate surface area is 150 Å². The van der Waals surface area contributed by atoms with E-state index in [1.54, 1.807) is 12.1 Å². The molecule has 1 aliphatic rings. The number of anilines is 2. The monoisotopic (exact) mass is 360 g/mol. The Balaban J connectivity index is 1.85. The van der Waals surface area contributed by atoms with Gasteiger partial charge >= 0.3 is 5.97 Å². The minimum Gasteiger partial charge on any atom is -0.496 e. The molecule has 1 aromatic carbocycles. The number of nitrogens with zero attached hydrogens (tertiary/aromatic N) is 3. The summed E-state index contributed by atoms with van der Waals surface area (Å²) in [5, 5.41) is 17.0. The van der Waals surface area contributed by atoms with Gasteiger partial charge in [0.2, 0.25) is 0 Å². The summed E-state index contributed by atoms with van der Waals surface area (Å²) in [6, 6.07) is 5.99. The number of halogens is 1. The van der Waals surface area contributed by atoms with Gasteiger partial charge in [-0.3, -0.25) is 4.79 Å². The van der Waals surface area contributed by atoms with Crippen molar-refractivity contribution >= 4 is 17.5 Å². The van der Waals surface area contributed by atoms with Crippen LogP contribution in [-0.4, -0.2) is 41.5 Å². The number of rotatable bonds is 5. The van der Waals surface area contributed by atoms with Crippen molar-refractivity contribution < 1.29 is 19.0 Å². The highest BCUT2D eigenvalue weighted by atomic mass is 19.1. The Morgan fingerprint density at radius 2 is 2.08 bits per heavy atom. The Morgan fingerprint density at radius 1 is 1.35 bits per heavy atom. The topological polar surface area (TPSA) is 102 Å². The van der Waals surface area contributed by atoms with Crippen molar-refractivity contribution in [2.24, 2.45) is 5.92 Å². The molecular weight excluding hydrogens is 339 g/mol. The highest BCUT2D eigenvalue weighted by molar-refractivity contribution is 5.74. The summed E-state index contributed by atoms with van der Waals surface area (Å²) in [6.45, 7) is 1.38. The van der Waals surface area contributed by atoms with Crippen molar-refractivity contribution in [1.29, 1.82) is 0 Å². The third-order valence-electron chi connectivity index (χ3n) is 4.66. The summed E-state index contributed by atoms with van der Waals surface area (Å²) in [7, 11) is 1.51. The number of piperidine rings is 1. The van der Waals surface area contributed by atoms with Crippen LogP contribution in [0.15, 0.2) is 24.3 Å². The van der Waals surface area contributed by atoms with E-state index in [9.17, 15) is 9.18 Å². The molecule has 2 heterocycles. The molecule has 1 saturated heterocycles. The van der Waals surface area contributed by atoms with Gasteiger partial charge in [0.05, 0.1) is 18.5 Å². The molecule has 0 spiro atoms. The zero-order valence-electron chi connectivity index (χ0n) is 14.5. The Morgan fingerprint density at radius 3 is 2.73 bits per heavy atom. The maximum atomic E-state index is 13.7. The van der Waals surface area contributed by atoms with Crippen molar-refractivity contribution in [3.63, 3.8) is 0 Å². The maximum absolute atomic E-state index is 13.7. The van der Waals surface area contributed by atoms with E-state index in [1.807, 2.05) is 0 Å². The van der Waals surface area contributed by atoms with Crippen molar-refractivity contribution in [2.75, 3.05) is 30.8 Å². The molecule has 0 saturated carbocycles. The molecule has 1 aliphatic heterocycles. The molecule has 26 heavy (non-hydrogen) atoms. The first-order valence-corrected chi connectivity index (χ1v) is 8.41. The SMILES string of the molecule is COc1ccc(F)cc1-c1cc(N2CCC(CC(=O)O)CC2)c(N)nn1. The molecule has 0 unspecified atom stereocenters. The molecule has 0 atom stereocenters. The molecule has 0 amide bonds. The number of aliphatic carboxylic acids is 1. The first-order valence-electron chi connectivity index (χ1n) is 8.41. The number of aromatic nitrogens is 2. The fraction of sp³-hybridized carbons (Fsp3) is 0.389. The molecule has 2 aromatic rings. The average molecular weight is 360 g/mol. The van der Waals surface area contributed by atoms with Crippen molar-refractivity contribution in [2.45, 2.75) is 19.3 Å². The standard InChI is InChI=1S/C18H21FN4O3/c1-26-16-3-2-12(19)9-13(16)14-10-15(18(20)22-21-14)23-6-4-11(5-7-23)8-17(24)25/h2-3,9-11H,4-8H2,1H3,(H2,20,22)(H,24,25). The first-order chi connectivity index (χ1) is 12.5. The van der Waals surface area contributed by atoms with Crippen LogP contribution in [-0.2, 0) is 4.79 Å². The van der Waals surface area contributed by atoms with Gasteiger partial charge in [-0.2, -0.15) is 0 Å². The lowest BCUT2D eigenvalue weighted by atomic mass is 9.93. The summed E-state index contributed by atoms with van der Waals surface area (Å²) in [4.78, 5) is 12.9. The predicted molar refractivity (Wildman–Crippen MR) is 95.6 cm³/mol. The molecule has 3 rings (SSSR count).